The molecule has 0 radical (unpaired) electrons. The van der Waals surface area contributed by atoms with Crippen molar-refractivity contribution in [3.05, 3.63) is 126 Å². The van der Waals surface area contributed by atoms with Crippen LogP contribution in [-0.4, -0.2) is 33.5 Å². The molecule has 1 aromatic heterocycles. The Bertz CT molecular complexity index is 1170. The van der Waals surface area contributed by atoms with Gasteiger partial charge in [0.2, 0.25) is 0 Å². The zero-order valence-corrected chi connectivity index (χ0v) is 19.5. The lowest BCUT2D eigenvalue weighted by molar-refractivity contribution is -0.186. The van der Waals surface area contributed by atoms with Crippen LogP contribution < -0.4 is 0 Å². The van der Waals surface area contributed by atoms with Crippen molar-refractivity contribution in [2.45, 2.75) is 44.2 Å². The van der Waals surface area contributed by atoms with Crippen molar-refractivity contribution in [2.75, 3.05) is 6.61 Å². The lowest BCUT2D eigenvalue weighted by Gasteiger charge is -2.42. The minimum atomic E-state index is -0.463. The highest BCUT2D eigenvalue weighted by Crippen LogP contribution is 2.39. The van der Waals surface area contributed by atoms with Gasteiger partial charge in [0, 0.05) is 12.4 Å². The van der Waals surface area contributed by atoms with E-state index in [1.54, 1.807) is 6.20 Å². The van der Waals surface area contributed by atoms with Crippen LogP contribution in [0.15, 0.2) is 103 Å². The first-order chi connectivity index (χ1) is 17.3. The van der Waals surface area contributed by atoms with E-state index < -0.39 is 18.3 Å². The summed E-state index contributed by atoms with van der Waals surface area (Å²) in [6, 6.07) is 29.8. The van der Waals surface area contributed by atoms with Crippen LogP contribution in [-0.2, 0) is 34.0 Å². The van der Waals surface area contributed by atoms with Crippen LogP contribution in [0.1, 0.15) is 34.7 Å². The molecule has 180 valence electrons. The Morgan fingerprint density at radius 2 is 1.14 bits per heavy atom. The number of aromatic nitrogens is 2. The predicted octanol–water partition coefficient (Wildman–Crippen LogP) is 4.86. The largest absolute Gasteiger partial charge is 0.394 e. The maximum absolute atomic E-state index is 10.4. The second kappa shape index (κ2) is 11.4. The molecule has 0 bridgehead atoms. The number of aliphatic hydroxyl groups is 1. The Hall–Kier alpha value is -3.29. The van der Waals surface area contributed by atoms with E-state index in [0.29, 0.717) is 19.8 Å². The van der Waals surface area contributed by atoms with E-state index >= 15 is 0 Å². The normalized spacial score (nSPS) is 21.5. The summed E-state index contributed by atoms with van der Waals surface area (Å²) in [5.41, 5.74) is 3.19. The smallest absolute Gasteiger partial charge is 0.144 e. The molecule has 0 saturated heterocycles. The molecule has 3 aromatic carbocycles. The fourth-order valence-electron chi connectivity index (χ4n) is 4.56. The van der Waals surface area contributed by atoms with E-state index in [1.165, 1.54) is 0 Å². The Morgan fingerprint density at radius 3 is 1.66 bits per heavy atom. The number of imidazole rings is 1. The molecule has 1 aliphatic rings. The lowest BCUT2D eigenvalue weighted by Crippen LogP contribution is -2.49. The molecule has 1 N–H and O–H groups in total. The van der Waals surface area contributed by atoms with Gasteiger partial charge in [-0.1, -0.05) is 91.0 Å². The van der Waals surface area contributed by atoms with Crippen LogP contribution in [0.2, 0.25) is 0 Å². The Kier molecular flexibility index (Phi) is 7.66. The van der Waals surface area contributed by atoms with Crippen LogP contribution >= 0.6 is 0 Å². The zero-order valence-electron chi connectivity index (χ0n) is 19.5. The minimum absolute atomic E-state index is 0.0978. The van der Waals surface area contributed by atoms with E-state index in [0.717, 1.165) is 22.5 Å². The Balaban J connectivity index is 1.44. The van der Waals surface area contributed by atoms with E-state index in [9.17, 15) is 5.11 Å². The highest BCUT2D eigenvalue weighted by atomic mass is 16.6. The Morgan fingerprint density at radius 1 is 0.657 bits per heavy atom. The molecule has 0 amide bonds. The van der Waals surface area contributed by atoms with E-state index in [-0.39, 0.29) is 12.6 Å². The number of rotatable bonds is 10. The van der Waals surface area contributed by atoms with Gasteiger partial charge in [0.25, 0.3) is 0 Å². The summed E-state index contributed by atoms with van der Waals surface area (Å²) in [5.74, 6) is 0.734. The molecule has 6 heteroatoms. The summed E-state index contributed by atoms with van der Waals surface area (Å²) in [4.78, 5) is 4.60. The van der Waals surface area contributed by atoms with Crippen molar-refractivity contribution >= 4 is 0 Å². The third-order valence-electron chi connectivity index (χ3n) is 6.34. The second-order valence-electron chi connectivity index (χ2n) is 8.68. The van der Waals surface area contributed by atoms with E-state index in [2.05, 4.69) is 4.98 Å². The summed E-state index contributed by atoms with van der Waals surface area (Å²) in [7, 11) is 0. The van der Waals surface area contributed by atoms with Gasteiger partial charge in [-0.25, -0.2) is 4.98 Å². The number of nitrogens with zero attached hydrogens (tertiary/aromatic N) is 2. The van der Waals surface area contributed by atoms with Gasteiger partial charge in [0.1, 0.15) is 24.1 Å². The van der Waals surface area contributed by atoms with Crippen molar-refractivity contribution < 1.29 is 19.3 Å². The van der Waals surface area contributed by atoms with Gasteiger partial charge < -0.3 is 23.9 Å². The van der Waals surface area contributed by atoms with Crippen molar-refractivity contribution in [1.29, 1.82) is 0 Å². The van der Waals surface area contributed by atoms with E-state index in [4.69, 9.17) is 14.2 Å². The molecule has 6 nitrogen and oxygen atoms in total. The number of aliphatic hydroxyl groups excluding tert-OH is 1. The molecule has 1 aliphatic heterocycles. The van der Waals surface area contributed by atoms with Crippen LogP contribution in [0, 0.1) is 0 Å². The average Bonchev–Trinajstić information content (AvgIpc) is 3.40. The fourth-order valence-corrected chi connectivity index (χ4v) is 4.56. The third kappa shape index (κ3) is 5.52. The first-order valence-electron chi connectivity index (χ1n) is 11.9. The molecule has 2 heterocycles. The molecule has 0 fully saturated rings. The van der Waals surface area contributed by atoms with Gasteiger partial charge in [-0.2, -0.15) is 0 Å². The molecule has 0 aliphatic carbocycles. The van der Waals surface area contributed by atoms with Crippen LogP contribution in [0.25, 0.3) is 0 Å². The number of hydrogen-bond acceptors (Lipinski definition) is 5. The number of benzene rings is 3. The summed E-state index contributed by atoms with van der Waals surface area (Å²) in [6.45, 7) is 1.13. The maximum Gasteiger partial charge on any atom is 0.144 e. The lowest BCUT2D eigenvalue weighted by atomic mass is 9.95. The number of ether oxygens (including phenoxy) is 3. The van der Waals surface area contributed by atoms with Gasteiger partial charge >= 0.3 is 0 Å². The average molecular weight is 471 g/mol. The summed E-state index contributed by atoms with van der Waals surface area (Å²) >= 11 is 0. The molecule has 0 unspecified atom stereocenters. The summed E-state index contributed by atoms with van der Waals surface area (Å²) < 4.78 is 21.4. The third-order valence-corrected chi connectivity index (χ3v) is 6.34. The zero-order chi connectivity index (χ0) is 23.9. The van der Waals surface area contributed by atoms with Crippen LogP contribution in [0.5, 0.6) is 0 Å². The van der Waals surface area contributed by atoms with Gasteiger partial charge in [-0.05, 0) is 16.7 Å². The van der Waals surface area contributed by atoms with E-state index in [1.807, 2.05) is 102 Å². The first kappa shape index (κ1) is 23.5. The monoisotopic (exact) mass is 470 g/mol. The van der Waals surface area contributed by atoms with Gasteiger partial charge in [0.05, 0.1) is 32.5 Å². The number of fused-ring (bicyclic) bond motifs is 1. The standard InChI is InChI=1S/C29H30N2O4/c32-18-25-26(33-19-22-10-4-1-5-11-22)27(34-20-23-12-6-2-7-13-23)28(29-30-16-17-31(25)29)35-21-24-14-8-3-9-15-24/h1-17,25-28,32H,18-21H2/t25-,26-,27+,28-/m1/s1. The quantitative estimate of drug-likeness (QED) is 0.359. The van der Waals surface area contributed by atoms with Crippen molar-refractivity contribution in [3.8, 4) is 0 Å². The fraction of sp³-hybridized carbons (Fsp3) is 0.276. The van der Waals surface area contributed by atoms with Gasteiger partial charge in [0.15, 0.2) is 0 Å². The van der Waals surface area contributed by atoms with Gasteiger partial charge in [-0.15, -0.1) is 0 Å². The molecule has 4 aromatic rings. The highest BCUT2D eigenvalue weighted by Gasteiger charge is 2.46. The van der Waals surface area contributed by atoms with Crippen LogP contribution in [0.4, 0.5) is 0 Å². The molecule has 5 rings (SSSR count). The van der Waals surface area contributed by atoms with Crippen molar-refractivity contribution in [1.82, 2.24) is 9.55 Å². The summed E-state index contributed by atoms with van der Waals surface area (Å²) in [5, 5.41) is 10.4. The highest BCUT2D eigenvalue weighted by molar-refractivity contribution is 5.17. The molecule has 0 saturated carbocycles. The van der Waals surface area contributed by atoms with Gasteiger partial charge in [-0.3, -0.25) is 0 Å². The predicted molar refractivity (Wildman–Crippen MR) is 132 cm³/mol. The SMILES string of the molecule is OC[C@@H]1[C@@H](OCc2ccccc2)[C@H](OCc2ccccc2)[C@@H](OCc2ccccc2)c2nccn21. The van der Waals surface area contributed by atoms with Crippen molar-refractivity contribution in [2.24, 2.45) is 0 Å². The number of hydrogen-bond donors (Lipinski definition) is 1. The second-order valence-corrected chi connectivity index (χ2v) is 8.68. The van der Waals surface area contributed by atoms with Crippen LogP contribution in [0.3, 0.4) is 0 Å². The molecule has 0 spiro atoms. The molecule has 35 heavy (non-hydrogen) atoms. The summed E-state index contributed by atoms with van der Waals surface area (Å²) in [6.07, 6.45) is 2.25. The topological polar surface area (TPSA) is 65.7 Å². The molecule has 4 atom stereocenters. The van der Waals surface area contributed by atoms with Crippen molar-refractivity contribution in [3.63, 3.8) is 0 Å². The Labute approximate surface area is 205 Å². The minimum Gasteiger partial charge on any atom is -0.394 e. The molecular weight excluding hydrogens is 440 g/mol. The molecular formula is C29H30N2O4. The maximum atomic E-state index is 10.4. The first-order valence-corrected chi connectivity index (χ1v) is 11.9.